The van der Waals surface area contributed by atoms with Crippen LogP contribution in [0.3, 0.4) is 0 Å². The fourth-order valence-corrected chi connectivity index (χ4v) is 2.79. The quantitative estimate of drug-likeness (QED) is 0.208. The fraction of sp³-hybridized carbons (Fsp3) is 0.773. The van der Waals surface area contributed by atoms with Gasteiger partial charge in [-0.05, 0) is 38.5 Å². The molecule has 0 saturated heterocycles. The van der Waals surface area contributed by atoms with Crippen molar-refractivity contribution in [1.82, 2.24) is 0 Å². The summed E-state index contributed by atoms with van der Waals surface area (Å²) in [5, 5.41) is 8.55. The van der Waals surface area contributed by atoms with Gasteiger partial charge in [-0.15, -0.1) is 0 Å². The van der Waals surface area contributed by atoms with E-state index in [1.807, 2.05) is 0 Å². The molecule has 0 aliphatic carbocycles. The number of rotatable bonds is 18. The summed E-state index contributed by atoms with van der Waals surface area (Å²) in [7, 11) is 0. The first-order chi connectivity index (χ1) is 11.8. The van der Waals surface area contributed by atoms with Gasteiger partial charge < -0.3 is 5.11 Å². The van der Waals surface area contributed by atoms with E-state index in [-0.39, 0.29) is 0 Å². The minimum absolute atomic E-state index is 0.334. The highest BCUT2D eigenvalue weighted by molar-refractivity contribution is 5.66. The van der Waals surface area contributed by atoms with Crippen molar-refractivity contribution in [2.45, 2.75) is 110 Å². The van der Waals surface area contributed by atoms with Crippen molar-refractivity contribution in [3.63, 3.8) is 0 Å². The minimum atomic E-state index is -0.662. The predicted molar refractivity (Wildman–Crippen MR) is 105 cm³/mol. The van der Waals surface area contributed by atoms with Crippen molar-refractivity contribution >= 4 is 5.97 Å². The zero-order chi connectivity index (χ0) is 17.7. The number of allylic oxidation sites excluding steroid dienone is 4. The number of hydrogen-bond donors (Lipinski definition) is 1. The van der Waals surface area contributed by atoms with Crippen LogP contribution in [0.25, 0.3) is 0 Å². The van der Waals surface area contributed by atoms with Crippen LogP contribution in [0.1, 0.15) is 110 Å². The number of carboxylic acid groups (broad SMARTS) is 1. The van der Waals surface area contributed by atoms with Gasteiger partial charge in [0, 0.05) is 6.42 Å². The van der Waals surface area contributed by atoms with Crippen molar-refractivity contribution in [2.75, 3.05) is 0 Å². The Bertz CT molecular complexity index is 318. The van der Waals surface area contributed by atoms with Gasteiger partial charge in [-0.25, -0.2) is 0 Å². The van der Waals surface area contributed by atoms with Crippen LogP contribution in [0, 0.1) is 0 Å². The van der Waals surface area contributed by atoms with Gasteiger partial charge in [0.2, 0.25) is 0 Å². The molecule has 2 heteroatoms. The number of aliphatic carboxylic acids is 1. The van der Waals surface area contributed by atoms with Gasteiger partial charge in [-0.1, -0.05) is 89.0 Å². The van der Waals surface area contributed by atoms with Gasteiger partial charge in [0.15, 0.2) is 0 Å². The third-order valence-corrected chi connectivity index (χ3v) is 4.34. The Morgan fingerprint density at radius 3 is 1.62 bits per heavy atom. The third-order valence-electron chi connectivity index (χ3n) is 4.34. The third kappa shape index (κ3) is 20.9. The lowest BCUT2D eigenvalue weighted by molar-refractivity contribution is -0.137. The largest absolute Gasteiger partial charge is 0.481 e. The van der Waals surface area contributed by atoms with Crippen LogP contribution in [-0.4, -0.2) is 11.1 Å². The summed E-state index contributed by atoms with van der Waals surface area (Å²) in [6.45, 7) is 2.26. The molecule has 0 atom stereocenters. The van der Waals surface area contributed by atoms with E-state index in [9.17, 15) is 4.79 Å². The molecule has 0 unspecified atom stereocenters. The topological polar surface area (TPSA) is 37.3 Å². The molecule has 0 fully saturated rings. The Morgan fingerprint density at radius 2 is 1.12 bits per heavy atom. The average Bonchev–Trinajstić information content (AvgIpc) is 2.56. The second kappa shape index (κ2) is 20.0. The Labute approximate surface area is 150 Å². The van der Waals surface area contributed by atoms with Gasteiger partial charge >= 0.3 is 5.97 Å². The molecule has 0 aromatic heterocycles. The Balaban J connectivity index is 3.15. The molecule has 24 heavy (non-hydrogen) atoms. The average molecular weight is 337 g/mol. The number of carboxylic acids is 1. The molecule has 0 bridgehead atoms. The number of unbranched alkanes of at least 4 members (excludes halogenated alkanes) is 12. The Hall–Kier alpha value is -1.05. The van der Waals surface area contributed by atoms with E-state index in [0.717, 1.165) is 19.3 Å². The lowest BCUT2D eigenvalue weighted by Gasteiger charge is -2.00. The van der Waals surface area contributed by atoms with Crippen molar-refractivity contribution in [3.05, 3.63) is 24.3 Å². The lowest BCUT2D eigenvalue weighted by atomic mass is 10.1. The highest BCUT2D eigenvalue weighted by Gasteiger charge is 1.96. The summed E-state index contributed by atoms with van der Waals surface area (Å²) in [6.07, 6.45) is 28.2. The molecule has 0 aromatic carbocycles. The molecule has 0 aromatic rings. The second-order valence-electron chi connectivity index (χ2n) is 6.79. The number of hydrogen-bond acceptors (Lipinski definition) is 1. The SMILES string of the molecule is CCCCCCC=CCC=CCCCCCCCCCCC(=O)O. The maximum absolute atomic E-state index is 10.4. The van der Waals surface area contributed by atoms with Crippen LogP contribution in [0.15, 0.2) is 24.3 Å². The Morgan fingerprint density at radius 1 is 0.667 bits per heavy atom. The molecule has 0 aliphatic heterocycles. The summed E-state index contributed by atoms with van der Waals surface area (Å²) in [4.78, 5) is 10.4. The van der Waals surface area contributed by atoms with E-state index in [0.29, 0.717) is 6.42 Å². The van der Waals surface area contributed by atoms with E-state index < -0.39 is 5.97 Å². The summed E-state index contributed by atoms with van der Waals surface area (Å²) >= 11 is 0. The van der Waals surface area contributed by atoms with E-state index >= 15 is 0 Å². The van der Waals surface area contributed by atoms with E-state index in [1.165, 1.54) is 77.0 Å². The van der Waals surface area contributed by atoms with Crippen molar-refractivity contribution in [1.29, 1.82) is 0 Å². The maximum atomic E-state index is 10.4. The van der Waals surface area contributed by atoms with Crippen LogP contribution in [0.5, 0.6) is 0 Å². The van der Waals surface area contributed by atoms with E-state index in [1.54, 1.807) is 0 Å². The van der Waals surface area contributed by atoms with Gasteiger partial charge in [0.25, 0.3) is 0 Å². The monoisotopic (exact) mass is 336 g/mol. The van der Waals surface area contributed by atoms with Crippen molar-refractivity contribution in [2.24, 2.45) is 0 Å². The Kier molecular flexibility index (Phi) is 19.1. The molecule has 0 radical (unpaired) electrons. The molecular weight excluding hydrogens is 296 g/mol. The highest BCUT2D eigenvalue weighted by Crippen LogP contribution is 2.11. The summed E-state index contributed by atoms with van der Waals surface area (Å²) in [5.41, 5.74) is 0. The summed E-state index contributed by atoms with van der Waals surface area (Å²) in [5.74, 6) is -0.662. The molecule has 1 N–H and O–H groups in total. The summed E-state index contributed by atoms with van der Waals surface area (Å²) < 4.78 is 0. The van der Waals surface area contributed by atoms with Crippen LogP contribution in [0.4, 0.5) is 0 Å². The van der Waals surface area contributed by atoms with Crippen LogP contribution in [0.2, 0.25) is 0 Å². The lowest BCUT2D eigenvalue weighted by Crippen LogP contribution is -1.93. The number of carbonyl (C=O) groups is 1. The van der Waals surface area contributed by atoms with Gasteiger partial charge in [0.1, 0.15) is 0 Å². The van der Waals surface area contributed by atoms with Crippen LogP contribution >= 0.6 is 0 Å². The van der Waals surface area contributed by atoms with Gasteiger partial charge in [0.05, 0.1) is 0 Å². The molecule has 0 heterocycles. The van der Waals surface area contributed by atoms with Crippen LogP contribution < -0.4 is 0 Å². The van der Waals surface area contributed by atoms with E-state index in [4.69, 9.17) is 5.11 Å². The standard InChI is InChI=1S/C22H40O2/c1-2-3-4-5-6-7-8-9-10-11-12-13-14-15-16-17-18-19-20-21-22(23)24/h7-8,10-11H,2-6,9,12-21H2,1H3,(H,23,24). The first-order valence-corrected chi connectivity index (χ1v) is 10.3. The van der Waals surface area contributed by atoms with Crippen molar-refractivity contribution < 1.29 is 9.90 Å². The molecule has 0 spiro atoms. The highest BCUT2D eigenvalue weighted by atomic mass is 16.4. The van der Waals surface area contributed by atoms with Gasteiger partial charge in [-0.3, -0.25) is 4.79 Å². The first-order valence-electron chi connectivity index (χ1n) is 10.3. The smallest absolute Gasteiger partial charge is 0.303 e. The fourth-order valence-electron chi connectivity index (χ4n) is 2.79. The molecule has 2 nitrogen and oxygen atoms in total. The molecule has 0 rings (SSSR count). The zero-order valence-corrected chi connectivity index (χ0v) is 16.0. The molecule has 0 saturated carbocycles. The summed E-state index contributed by atoms with van der Waals surface area (Å²) in [6, 6.07) is 0. The zero-order valence-electron chi connectivity index (χ0n) is 16.0. The molecular formula is C22H40O2. The molecule has 0 aliphatic rings. The second-order valence-corrected chi connectivity index (χ2v) is 6.79. The molecule has 0 amide bonds. The first kappa shape index (κ1) is 22.9. The van der Waals surface area contributed by atoms with Crippen molar-refractivity contribution in [3.8, 4) is 0 Å². The minimum Gasteiger partial charge on any atom is -0.481 e. The van der Waals surface area contributed by atoms with Gasteiger partial charge in [-0.2, -0.15) is 0 Å². The normalized spacial score (nSPS) is 11.7. The molecule has 140 valence electrons. The van der Waals surface area contributed by atoms with E-state index in [2.05, 4.69) is 31.2 Å². The maximum Gasteiger partial charge on any atom is 0.303 e. The predicted octanol–water partition coefficient (Wildman–Crippen LogP) is 7.44. The van der Waals surface area contributed by atoms with Crippen LogP contribution in [-0.2, 0) is 4.79 Å².